The molecular formula is C11H5BrF4N6. The highest BCUT2D eigenvalue weighted by atomic mass is 79.9. The maximum Gasteiger partial charge on any atom is 0.416 e. The number of rotatable bonds is 3. The van der Waals surface area contributed by atoms with E-state index in [9.17, 15) is 17.6 Å². The third-order valence-electron chi connectivity index (χ3n) is 2.43. The van der Waals surface area contributed by atoms with Crippen molar-refractivity contribution in [3.05, 3.63) is 40.0 Å². The Labute approximate surface area is 129 Å². The SMILES string of the molecule is N#CC(=CNc1cc(C(F)(F)F)cc(F)c1Br)c1nn[nH]n1. The summed E-state index contributed by atoms with van der Waals surface area (Å²) in [6.07, 6.45) is -3.65. The van der Waals surface area contributed by atoms with Crippen LogP contribution in [-0.4, -0.2) is 20.6 Å². The lowest BCUT2D eigenvalue weighted by molar-refractivity contribution is -0.137. The molecule has 0 fully saturated rings. The first-order valence-electron chi connectivity index (χ1n) is 5.49. The number of allylic oxidation sites excluding steroid dienone is 1. The minimum absolute atomic E-state index is 0.0569. The summed E-state index contributed by atoms with van der Waals surface area (Å²) in [6.45, 7) is 0. The number of tetrazole rings is 1. The minimum atomic E-state index is -4.70. The van der Waals surface area contributed by atoms with Crippen molar-refractivity contribution in [2.24, 2.45) is 0 Å². The third kappa shape index (κ3) is 3.40. The molecule has 1 aromatic heterocycles. The molecule has 0 saturated carbocycles. The summed E-state index contributed by atoms with van der Waals surface area (Å²) in [7, 11) is 0. The molecule has 2 N–H and O–H groups in total. The van der Waals surface area contributed by atoms with Gasteiger partial charge in [-0.2, -0.15) is 23.6 Å². The predicted octanol–water partition coefficient (Wildman–Crippen LogP) is 3.10. The number of hydrogen-bond acceptors (Lipinski definition) is 5. The van der Waals surface area contributed by atoms with Gasteiger partial charge >= 0.3 is 6.18 Å². The Bertz CT molecular complexity index is 747. The Morgan fingerprint density at radius 3 is 2.68 bits per heavy atom. The fraction of sp³-hybridized carbons (Fsp3) is 0.0909. The Morgan fingerprint density at radius 1 is 1.41 bits per heavy atom. The standard InChI is InChI=1S/C11H5BrF4N6/c12-9-7(13)1-6(11(14,15)16)2-8(9)18-4-5(3-17)10-19-21-22-20-10/h1-2,4,18H,(H,19,20,21,22). The summed E-state index contributed by atoms with van der Waals surface area (Å²) < 4.78 is 51.3. The Hall–Kier alpha value is -2.48. The molecule has 22 heavy (non-hydrogen) atoms. The first-order chi connectivity index (χ1) is 10.3. The van der Waals surface area contributed by atoms with Crippen molar-refractivity contribution in [3.63, 3.8) is 0 Å². The monoisotopic (exact) mass is 376 g/mol. The number of anilines is 1. The van der Waals surface area contributed by atoms with Crippen molar-refractivity contribution < 1.29 is 17.6 Å². The summed E-state index contributed by atoms with van der Waals surface area (Å²) in [5, 5.41) is 23.8. The molecule has 0 aliphatic carbocycles. The highest BCUT2D eigenvalue weighted by Crippen LogP contribution is 2.35. The highest BCUT2D eigenvalue weighted by Gasteiger charge is 2.32. The smallest absolute Gasteiger partial charge is 0.359 e. The van der Waals surface area contributed by atoms with Crippen LogP contribution in [0.4, 0.5) is 23.2 Å². The highest BCUT2D eigenvalue weighted by molar-refractivity contribution is 9.10. The molecule has 1 heterocycles. The molecule has 0 amide bonds. The molecule has 2 aromatic rings. The molecule has 2 rings (SSSR count). The molecule has 0 unspecified atom stereocenters. The average molecular weight is 377 g/mol. The molecule has 0 atom stereocenters. The topological polar surface area (TPSA) is 90.3 Å². The van der Waals surface area contributed by atoms with Crippen LogP contribution < -0.4 is 5.32 Å². The van der Waals surface area contributed by atoms with Gasteiger partial charge in [0.1, 0.15) is 17.5 Å². The van der Waals surface area contributed by atoms with Gasteiger partial charge in [-0.3, -0.25) is 0 Å². The van der Waals surface area contributed by atoms with Crippen molar-refractivity contribution >= 4 is 27.2 Å². The number of H-pyrrole nitrogens is 1. The number of halogens is 5. The quantitative estimate of drug-likeness (QED) is 0.634. The van der Waals surface area contributed by atoms with Crippen LogP contribution in [0.5, 0.6) is 0 Å². The minimum Gasteiger partial charge on any atom is -0.359 e. The third-order valence-corrected chi connectivity index (χ3v) is 3.24. The van der Waals surface area contributed by atoms with Crippen LogP contribution in [0.3, 0.4) is 0 Å². The summed E-state index contributed by atoms with van der Waals surface area (Å²) in [6, 6.07) is 2.80. The lowest BCUT2D eigenvalue weighted by atomic mass is 10.2. The molecule has 1 aromatic carbocycles. The van der Waals surface area contributed by atoms with E-state index in [0.717, 1.165) is 6.20 Å². The number of benzene rings is 1. The molecule has 0 saturated heterocycles. The number of nitrogens with zero attached hydrogens (tertiary/aromatic N) is 4. The van der Waals surface area contributed by atoms with Gasteiger partial charge in [-0.05, 0) is 33.3 Å². The molecule has 114 valence electrons. The molecule has 6 nitrogen and oxygen atoms in total. The van der Waals surface area contributed by atoms with E-state index < -0.39 is 17.6 Å². The van der Waals surface area contributed by atoms with E-state index in [1.54, 1.807) is 6.07 Å². The maximum atomic E-state index is 13.5. The number of aromatic amines is 1. The van der Waals surface area contributed by atoms with Gasteiger partial charge in [0.15, 0.2) is 0 Å². The van der Waals surface area contributed by atoms with Crippen molar-refractivity contribution in [3.8, 4) is 6.07 Å². The number of nitrogens with one attached hydrogen (secondary N) is 2. The average Bonchev–Trinajstić information content (AvgIpc) is 2.96. The Kier molecular flexibility index (Phi) is 4.41. The van der Waals surface area contributed by atoms with Crippen LogP contribution in [0.15, 0.2) is 22.8 Å². The summed E-state index contributed by atoms with van der Waals surface area (Å²) in [4.78, 5) is 0. The lowest BCUT2D eigenvalue weighted by Gasteiger charge is -2.11. The Balaban J connectivity index is 2.37. The van der Waals surface area contributed by atoms with Gasteiger partial charge in [-0.15, -0.1) is 10.2 Å². The van der Waals surface area contributed by atoms with Crippen molar-refractivity contribution in [1.29, 1.82) is 5.26 Å². The van der Waals surface area contributed by atoms with Gasteiger partial charge in [-0.25, -0.2) is 4.39 Å². The summed E-state index contributed by atoms with van der Waals surface area (Å²) in [5.74, 6) is -1.15. The van der Waals surface area contributed by atoms with Crippen molar-refractivity contribution in [2.75, 3.05) is 5.32 Å². The molecule has 0 bridgehead atoms. The molecule has 0 aliphatic heterocycles. The zero-order valence-corrected chi connectivity index (χ0v) is 12.0. The zero-order valence-electron chi connectivity index (χ0n) is 10.4. The number of aromatic nitrogens is 4. The van der Waals surface area contributed by atoms with Crippen LogP contribution in [0.1, 0.15) is 11.4 Å². The maximum absolute atomic E-state index is 13.5. The molecular weight excluding hydrogens is 372 g/mol. The first-order valence-corrected chi connectivity index (χ1v) is 6.29. The Morgan fingerprint density at radius 2 is 2.14 bits per heavy atom. The molecule has 0 aliphatic rings. The van der Waals surface area contributed by atoms with Crippen LogP contribution in [0.2, 0.25) is 0 Å². The van der Waals surface area contributed by atoms with Gasteiger partial charge in [0.25, 0.3) is 0 Å². The lowest BCUT2D eigenvalue weighted by Crippen LogP contribution is -2.07. The van der Waals surface area contributed by atoms with Crippen molar-refractivity contribution in [2.45, 2.75) is 6.18 Å². The molecule has 0 radical (unpaired) electrons. The van der Waals surface area contributed by atoms with Crippen LogP contribution in [0.25, 0.3) is 5.57 Å². The zero-order chi connectivity index (χ0) is 16.3. The van der Waals surface area contributed by atoms with E-state index in [1.807, 2.05) is 0 Å². The number of hydrogen-bond donors (Lipinski definition) is 2. The molecule has 11 heteroatoms. The van der Waals surface area contributed by atoms with Gasteiger partial charge < -0.3 is 5.32 Å². The first kappa shape index (κ1) is 15.9. The second-order valence-corrected chi connectivity index (χ2v) is 4.66. The van der Waals surface area contributed by atoms with Crippen LogP contribution in [-0.2, 0) is 6.18 Å². The largest absolute Gasteiger partial charge is 0.416 e. The summed E-state index contributed by atoms with van der Waals surface area (Å²) in [5.41, 5.74) is -1.47. The van der Waals surface area contributed by atoms with Gasteiger partial charge in [-0.1, -0.05) is 0 Å². The van der Waals surface area contributed by atoms with Gasteiger partial charge in [0.05, 0.1) is 15.7 Å². The van der Waals surface area contributed by atoms with E-state index >= 15 is 0 Å². The van der Waals surface area contributed by atoms with Gasteiger partial charge in [0.2, 0.25) is 5.82 Å². The van der Waals surface area contributed by atoms with E-state index in [0.29, 0.717) is 12.1 Å². The second kappa shape index (κ2) is 6.10. The molecule has 0 spiro atoms. The van der Waals surface area contributed by atoms with E-state index in [2.05, 4.69) is 41.9 Å². The fourth-order valence-electron chi connectivity index (χ4n) is 1.43. The van der Waals surface area contributed by atoms with Crippen LogP contribution >= 0.6 is 15.9 Å². The number of alkyl halides is 3. The number of nitriles is 1. The van der Waals surface area contributed by atoms with Crippen LogP contribution in [0, 0.1) is 17.1 Å². The van der Waals surface area contributed by atoms with Crippen molar-refractivity contribution in [1.82, 2.24) is 20.6 Å². The van der Waals surface area contributed by atoms with E-state index in [1.165, 1.54) is 0 Å². The summed E-state index contributed by atoms with van der Waals surface area (Å²) >= 11 is 2.84. The fourth-order valence-corrected chi connectivity index (χ4v) is 1.77. The van der Waals surface area contributed by atoms with Gasteiger partial charge in [0, 0.05) is 6.20 Å². The predicted molar refractivity (Wildman–Crippen MR) is 70.5 cm³/mol. The van der Waals surface area contributed by atoms with E-state index in [4.69, 9.17) is 5.26 Å². The normalized spacial score (nSPS) is 12.1. The second-order valence-electron chi connectivity index (χ2n) is 3.87. The van der Waals surface area contributed by atoms with E-state index in [-0.39, 0.29) is 21.6 Å².